The molecule has 0 aliphatic carbocycles. The minimum Gasteiger partial charge on any atom is -0.315 e. The second-order valence-corrected chi connectivity index (χ2v) is 5.95. The quantitative estimate of drug-likeness (QED) is 0.860. The van der Waals surface area contributed by atoms with Gasteiger partial charge in [0.2, 0.25) is 0 Å². The molecule has 0 spiro atoms. The molecule has 1 aromatic rings. The fourth-order valence-electron chi connectivity index (χ4n) is 3.37. The third-order valence-electron chi connectivity index (χ3n) is 4.62. The zero-order chi connectivity index (χ0) is 13.1. The van der Waals surface area contributed by atoms with E-state index >= 15 is 0 Å². The zero-order valence-electron chi connectivity index (χ0n) is 11.8. The SMILES string of the molecule is CC1C(NC2CCNC2)CCN1Cc1ccccc1. The van der Waals surface area contributed by atoms with Crippen molar-refractivity contribution in [3.05, 3.63) is 35.9 Å². The highest BCUT2D eigenvalue weighted by Crippen LogP contribution is 2.21. The summed E-state index contributed by atoms with van der Waals surface area (Å²) in [4.78, 5) is 2.61. The van der Waals surface area contributed by atoms with Crippen LogP contribution in [-0.2, 0) is 6.54 Å². The fourth-order valence-corrected chi connectivity index (χ4v) is 3.37. The molecule has 2 aliphatic rings. The lowest BCUT2D eigenvalue weighted by molar-refractivity contribution is 0.236. The molecular weight excluding hydrogens is 234 g/mol. The van der Waals surface area contributed by atoms with Crippen molar-refractivity contribution >= 4 is 0 Å². The molecule has 19 heavy (non-hydrogen) atoms. The Balaban J connectivity index is 1.54. The molecule has 2 N–H and O–H groups in total. The van der Waals surface area contributed by atoms with Crippen molar-refractivity contribution in [1.82, 2.24) is 15.5 Å². The molecule has 2 aliphatic heterocycles. The Kier molecular flexibility index (Phi) is 4.16. The van der Waals surface area contributed by atoms with E-state index in [1.165, 1.54) is 31.5 Å². The smallest absolute Gasteiger partial charge is 0.0237 e. The summed E-state index contributed by atoms with van der Waals surface area (Å²) in [7, 11) is 0. The molecule has 2 heterocycles. The average Bonchev–Trinajstić information content (AvgIpc) is 3.05. The summed E-state index contributed by atoms with van der Waals surface area (Å²) in [6.07, 6.45) is 2.56. The molecule has 3 nitrogen and oxygen atoms in total. The van der Waals surface area contributed by atoms with Gasteiger partial charge in [-0.05, 0) is 31.9 Å². The van der Waals surface area contributed by atoms with Gasteiger partial charge in [-0.25, -0.2) is 0 Å². The van der Waals surface area contributed by atoms with Crippen LogP contribution in [-0.4, -0.2) is 42.7 Å². The van der Waals surface area contributed by atoms with E-state index in [0.29, 0.717) is 18.1 Å². The molecule has 3 rings (SSSR count). The number of rotatable bonds is 4. The van der Waals surface area contributed by atoms with E-state index in [0.717, 1.165) is 13.1 Å². The van der Waals surface area contributed by atoms with Crippen molar-refractivity contribution in [2.45, 2.75) is 44.4 Å². The van der Waals surface area contributed by atoms with Gasteiger partial charge < -0.3 is 10.6 Å². The van der Waals surface area contributed by atoms with Gasteiger partial charge in [0.15, 0.2) is 0 Å². The first-order valence-corrected chi connectivity index (χ1v) is 7.57. The predicted octanol–water partition coefficient (Wildman–Crippen LogP) is 1.60. The van der Waals surface area contributed by atoms with E-state index in [-0.39, 0.29) is 0 Å². The molecule has 104 valence electrons. The van der Waals surface area contributed by atoms with Crippen LogP contribution in [0.3, 0.4) is 0 Å². The maximum absolute atomic E-state index is 3.84. The number of benzene rings is 1. The largest absolute Gasteiger partial charge is 0.315 e. The number of nitrogens with one attached hydrogen (secondary N) is 2. The summed E-state index contributed by atoms with van der Waals surface area (Å²) in [5, 5.41) is 7.28. The van der Waals surface area contributed by atoms with Crippen molar-refractivity contribution in [1.29, 1.82) is 0 Å². The molecule has 0 saturated carbocycles. The number of nitrogens with zero attached hydrogens (tertiary/aromatic N) is 1. The van der Waals surface area contributed by atoms with Crippen molar-refractivity contribution in [2.75, 3.05) is 19.6 Å². The van der Waals surface area contributed by atoms with Gasteiger partial charge in [-0.1, -0.05) is 30.3 Å². The highest BCUT2D eigenvalue weighted by Gasteiger charge is 2.32. The van der Waals surface area contributed by atoms with Gasteiger partial charge in [0, 0.05) is 37.8 Å². The third-order valence-corrected chi connectivity index (χ3v) is 4.62. The van der Waals surface area contributed by atoms with Crippen LogP contribution in [0.4, 0.5) is 0 Å². The maximum atomic E-state index is 3.84. The summed E-state index contributed by atoms with van der Waals surface area (Å²) in [6.45, 7) is 6.99. The topological polar surface area (TPSA) is 27.3 Å². The van der Waals surface area contributed by atoms with Crippen LogP contribution in [0.2, 0.25) is 0 Å². The number of hydrogen-bond donors (Lipinski definition) is 2. The first-order valence-electron chi connectivity index (χ1n) is 7.57. The van der Waals surface area contributed by atoms with Crippen molar-refractivity contribution < 1.29 is 0 Å². The molecule has 1 aromatic carbocycles. The normalized spacial score (nSPS) is 31.9. The van der Waals surface area contributed by atoms with E-state index in [9.17, 15) is 0 Å². The standard InChI is InChI=1S/C16H25N3/c1-13-16(18-15-7-9-17-11-15)8-10-19(13)12-14-5-3-2-4-6-14/h2-6,13,15-18H,7-12H2,1H3. The second kappa shape index (κ2) is 6.04. The zero-order valence-corrected chi connectivity index (χ0v) is 11.8. The highest BCUT2D eigenvalue weighted by atomic mass is 15.2. The first-order chi connectivity index (χ1) is 9.33. The van der Waals surface area contributed by atoms with Crippen LogP contribution in [0.1, 0.15) is 25.3 Å². The van der Waals surface area contributed by atoms with E-state index in [1.807, 2.05) is 0 Å². The van der Waals surface area contributed by atoms with Crippen molar-refractivity contribution in [3.63, 3.8) is 0 Å². The summed E-state index contributed by atoms with van der Waals surface area (Å²) < 4.78 is 0. The second-order valence-electron chi connectivity index (χ2n) is 5.95. The summed E-state index contributed by atoms with van der Waals surface area (Å²) >= 11 is 0. The Hall–Kier alpha value is -0.900. The van der Waals surface area contributed by atoms with Crippen LogP contribution < -0.4 is 10.6 Å². The van der Waals surface area contributed by atoms with Gasteiger partial charge in [-0.2, -0.15) is 0 Å². The van der Waals surface area contributed by atoms with Gasteiger partial charge in [-0.15, -0.1) is 0 Å². The Morgan fingerprint density at radius 2 is 2.11 bits per heavy atom. The molecule has 0 radical (unpaired) electrons. The van der Waals surface area contributed by atoms with Crippen molar-refractivity contribution in [2.24, 2.45) is 0 Å². The minimum absolute atomic E-state index is 0.640. The monoisotopic (exact) mass is 259 g/mol. The van der Waals surface area contributed by atoms with Crippen LogP contribution >= 0.6 is 0 Å². The van der Waals surface area contributed by atoms with E-state index in [2.05, 4.69) is 52.8 Å². The molecule has 0 amide bonds. The Morgan fingerprint density at radius 3 is 2.84 bits per heavy atom. The molecule has 0 aromatic heterocycles. The van der Waals surface area contributed by atoms with Gasteiger partial charge in [0.25, 0.3) is 0 Å². The predicted molar refractivity (Wildman–Crippen MR) is 79.1 cm³/mol. The minimum atomic E-state index is 0.640. The number of likely N-dealkylation sites (tertiary alicyclic amines) is 1. The summed E-state index contributed by atoms with van der Waals surface area (Å²) in [5.41, 5.74) is 1.43. The Morgan fingerprint density at radius 1 is 1.26 bits per heavy atom. The van der Waals surface area contributed by atoms with E-state index in [4.69, 9.17) is 0 Å². The maximum Gasteiger partial charge on any atom is 0.0237 e. The number of hydrogen-bond acceptors (Lipinski definition) is 3. The molecule has 0 bridgehead atoms. The average molecular weight is 259 g/mol. The van der Waals surface area contributed by atoms with Gasteiger partial charge in [0.1, 0.15) is 0 Å². The van der Waals surface area contributed by atoms with Crippen molar-refractivity contribution in [3.8, 4) is 0 Å². The first kappa shape index (κ1) is 13.1. The van der Waals surface area contributed by atoms with Gasteiger partial charge in [-0.3, -0.25) is 4.90 Å². The van der Waals surface area contributed by atoms with Crippen LogP contribution in [0, 0.1) is 0 Å². The summed E-state index contributed by atoms with van der Waals surface area (Å²) in [6, 6.07) is 12.8. The Bertz CT molecular complexity index is 386. The molecule has 2 saturated heterocycles. The molecule has 3 atom stereocenters. The lowest BCUT2D eigenvalue weighted by Crippen LogP contribution is -2.45. The van der Waals surface area contributed by atoms with Crippen LogP contribution in [0.15, 0.2) is 30.3 Å². The molecule has 3 unspecified atom stereocenters. The van der Waals surface area contributed by atoms with E-state index in [1.54, 1.807) is 0 Å². The van der Waals surface area contributed by atoms with E-state index < -0.39 is 0 Å². The van der Waals surface area contributed by atoms with Gasteiger partial charge >= 0.3 is 0 Å². The highest BCUT2D eigenvalue weighted by molar-refractivity contribution is 5.15. The molecular formula is C16H25N3. The Labute approximate surface area is 116 Å². The third kappa shape index (κ3) is 3.16. The lowest BCUT2D eigenvalue weighted by atomic mass is 10.1. The summed E-state index contributed by atoms with van der Waals surface area (Å²) in [5.74, 6) is 0. The lowest BCUT2D eigenvalue weighted by Gasteiger charge is -2.27. The van der Waals surface area contributed by atoms with Crippen LogP contribution in [0.25, 0.3) is 0 Å². The fraction of sp³-hybridized carbons (Fsp3) is 0.625. The van der Waals surface area contributed by atoms with Gasteiger partial charge in [0.05, 0.1) is 0 Å². The molecule has 3 heteroatoms. The van der Waals surface area contributed by atoms with Crippen LogP contribution in [0.5, 0.6) is 0 Å². The molecule has 2 fully saturated rings.